The molecular formula is C23H19ClN2OS. The van der Waals surface area contributed by atoms with E-state index in [9.17, 15) is 4.79 Å². The van der Waals surface area contributed by atoms with Gasteiger partial charge in [0, 0.05) is 24.1 Å². The number of carbonyl (C=O) groups excluding carboxylic acids is 1. The standard InChI is InChI=1S/C23H19ClN2OS/c1-26-21-11-10-18(24)14-19(21)22(28)25-20(23(26)27)13-15-6-5-9-17(12-15)16-7-3-2-4-8-16/h2-12,14,20H,13H2,1H3,(H,25,28). The second kappa shape index (κ2) is 7.74. The van der Waals surface area contributed by atoms with Gasteiger partial charge in [-0.2, -0.15) is 0 Å². The molecule has 3 aromatic rings. The molecule has 28 heavy (non-hydrogen) atoms. The Balaban J connectivity index is 1.63. The second-order valence-corrected chi connectivity index (χ2v) is 7.70. The highest BCUT2D eigenvalue weighted by Crippen LogP contribution is 2.28. The van der Waals surface area contributed by atoms with Gasteiger partial charge in [-0.1, -0.05) is 78.4 Å². The number of nitrogens with zero attached hydrogens (tertiary/aromatic N) is 1. The zero-order valence-electron chi connectivity index (χ0n) is 15.4. The van der Waals surface area contributed by atoms with Crippen molar-refractivity contribution in [3.8, 4) is 11.1 Å². The fourth-order valence-electron chi connectivity index (χ4n) is 3.52. The van der Waals surface area contributed by atoms with Crippen molar-refractivity contribution in [2.75, 3.05) is 11.9 Å². The molecule has 1 unspecified atom stereocenters. The number of carbonyl (C=O) groups is 1. The predicted molar refractivity (Wildman–Crippen MR) is 119 cm³/mol. The Hall–Kier alpha value is -2.69. The average molecular weight is 407 g/mol. The molecule has 0 saturated heterocycles. The SMILES string of the molecule is CN1C(=O)C(Cc2cccc(-c3ccccc3)c2)NC(=S)c2cc(Cl)ccc21. The maximum Gasteiger partial charge on any atom is 0.249 e. The lowest BCUT2D eigenvalue weighted by molar-refractivity contribution is -0.119. The highest BCUT2D eigenvalue weighted by Gasteiger charge is 2.30. The van der Waals surface area contributed by atoms with Crippen molar-refractivity contribution >= 4 is 40.4 Å². The van der Waals surface area contributed by atoms with Crippen molar-refractivity contribution in [3.05, 3.63) is 88.9 Å². The number of benzene rings is 3. The fourth-order valence-corrected chi connectivity index (χ4v) is 3.99. The fraction of sp³-hybridized carbons (Fsp3) is 0.130. The summed E-state index contributed by atoms with van der Waals surface area (Å²) >= 11 is 11.7. The lowest BCUT2D eigenvalue weighted by Gasteiger charge is -2.21. The van der Waals surface area contributed by atoms with Crippen LogP contribution in [0.3, 0.4) is 0 Å². The summed E-state index contributed by atoms with van der Waals surface area (Å²) < 4.78 is 0. The van der Waals surface area contributed by atoms with Gasteiger partial charge in [0.05, 0.1) is 5.69 Å². The highest BCUT2D eigenvalue weighted by atomic mass is 35.5. The summed E-state index contributed by atoms with van der Waals surface area (Å²) in [7, 11) is 1.78. The number of hydrogen-bond donors (Lipinski definition) is 1. The minimum Gasteiger partial charge on any atom is -0.364 e. The van der Waals surface area contributed by atoms with E-state index >= 15 is 0 Å². The molecule has 1 aliphatic rings. The number of likely N-dealkylation sites (N-methyl/N-ethyl adjacent to an activating group) is 1. The van der Waals surface area contributed by atoms with Gasteiger partial charge >= 0.3 is 0 Å². The third-order valence-corrected chi connectivity index (χ3v) is 5.55. The number of amides is 1. The summed E-state index contributed by atoms with van der Waals surface area (Å²) in [6, 6.07) is 23.5. The van der Waals surface area contributed by atoms with Crippen molar-refractivity contribution in [2.24, 2.45) is 0 Å². The van der Waals surface area contributed by atoms with E-state index in [-0.39, 0.29) is 5.91 Å². The molecule has 0 aromatic heterocycles. The van der Waals surface area contributed by atoms with Crippen LogP contribution in [-0.4, -0.2) is 24.0 Å². The van der Waals surface area contributed by atoms with Gasteiger partial charge in [0.25, 0.3) is 0 Å². The van der Waals surface area contributed by atoms with E-state index in [1.54, 1.807) is 24.1 Å². The van der Waals surface area contributed by atoms with Gasteiger partial charge in [-0.05, 0) is 34.9 Å². The second-order valence-electron chi connectivity index (χ2n) is 6.86. The van der Waals surface area contributed by atoms with E-state index in [0.717, 1.165) is 27.9 Å². The smallest absolute Gasteiger partial charge is 0.249 e. The van der Waals surface area contributed by atoms with Crippen LogP contribution in [0.25, 0.3) is 11.1 Å². The number of nitrogens with one attached hydrogen (secondary N) is 1. The Morgan fingerprint density at radius 3 is 2.54 bits per heavy atom. The number of hydrogen-bond acceptors (Lipinski definition) is 2. The largest absolute Gasteiger partial charge is 0.364 e. The minimum atomic E-state index is -0.435. The molecule has 1 aliphatic heterocycles. The quantitative estimate of drug-likeness (QED) is 0.630. The summed E-state index contributed by atoms with van der Waals surface area (Å²) in [6.07, 6.45) is 0.547. The zero-order valence-corrected chi connectivity index (χ0v) is 16.9. The third-order valence-electron chi connectivity index (χ3n) is 4.97. The maximum absolute atomic E-state index is 13.1. The molecule has 1 heterocycles. The normalized spacial score (nSPS) is 16.4. The predicted octanol–water partition coefficient (Wildman–Crippen LogP) is 4.86. The van der Waals surface area contributed by atoms with Crippen molar-refractivity contribution in [1.29, 1.82) is 0 Å². The number of thiocarbonyl (C=S) groups is 1. The highest BCUT2D eigenvalue weighted by molar-refractivity contribution is 7.80. The van der Waals surface area contributed by atoms with Crippen molar-refractivity contribution in [3.63, 3.8) is 0 Å². The minimum absolute atomic E-state index is 0.0199. The Labute approximate surface area is 174 Å². The molecule has 3 aromatic carbocycles. The first kappa shape index (κ1) is 18.7. The summed E-state index contributed by atoms with van der Waals surface area (Å²) in [4.78, 5) is 15.3. The molecule has 1 atom stereocenters. The first-order valence-corrected chi connectivity index (χ1v) is 9.84. The van der Waals surface area contributed by atoms with Gasteiger partial charge in [0.2, 0.25) is 5.91 Å². The Kier molecular flexibility index (Phi) is 5.16. The van der Waals surface area contributed by atoms with Gasteiger partial charge in [0.15, 0.2) is 0 Å². The van der Waals surface area contributed by atoms with Crippen LogP contribution in [0.2, 0.25) is 5.02 Å². The van der Waals surface area contributed by atoms with E-state index in [2.05, 4.69) is 29.6 Å². The van der Waals surface area contributed by atoms with E-state index in [1.165, 1.54) is 0 Å². The van der Waals surface area contributed by atoms with Crippen LogP contribution < -0.4 is 10.2 Å². The molecule has 0 bridgehead atoms. The van der Waals surface area contributed by atoms with Gasteiger partial charge in [-0.3, -0.25) is 4.79 Å². The first-order valence-electron chi connectivity index (χ1n) is 9.05. The van der Waals surface area contributed by atoms with Crippen LogP contribution in [0.1, 0.15) is 11.1 Å². The molecule has 3 nitrogen and oxygen atoms in total. The van der Waals surface area contributed by atoms with Crippen LogP contribution >= 0.6 is 23.8 Å². The molecular weight excluding hydrogens is 388 g/mol. The van der Waals surface area contributed by atoms with Crippen LogP contribution in [0.15, 0.2) is 72.8 Å². The van der Waals surface area contributed by atoms with Crippen LogP contribution in [0, 0.1) is 0 Å². The molecule has 0 fully saturated rings. The molecule has 0 spiro atoms. The Bertz CT molecular complexity index is 1050. The number of anilines is 1. The summed E-state index contributed by atoms with van der Waals surface area (Å²) in [5, 5.41) is 3.83. The van der Waals surface area contributed by atoms with E-state index < -0.39 is 6.04 Å². The zero-order chi connectivity index (χ0) is 19.7. The van der Waals surface area contributed by atoms with Crippen molar-refractivity contribution < 1.29 is 4.79 Å². The average Bonchev–Trinajstić information content (AvgIpc) is 2.80. The lowest BCUT2D eigenvalue weighted by Crippen LogP contribution is -2.45. The molecule has 0 saturated carbocycles. The topological polar surface area (TPSA) is 32.3 Å². The summed E-state index contributed by atoms with van der Waals surface area (Å²) in [5.41, 5.74) is 4.91. The summed E-state index contributed by atoms with van der Waals surface area (Å²) in [6.45, 7) is 0. The van der Waals surface area contributed by atoms with Crippen molar-refractivity contribution in [2.45, 2.75) is 12.5 Å². The first-order chi connectivity index (χ1) is 13.5. The lowest BCUT2D eigenvalue weighted by atomic mass is 9.99. The number of fused-ring (bicyclic) bond motifs is 1. The maximum atomic E-state index is 13.1. The van der Waals surface area contributed by atoms with E-state index in [4.69, 9.17) is 23.8 Å². The Morgan fingerprint density at radius 1 is 1.00 bits per heavy atom. The monoisotopic (exact) mass is 406 g/mol. The van der Waals surface area contributed by atoms with Gasteiger partial charge in [-0.25, -0.2) is 0 Å². The molecule has 1 amide bonds. The van der Waals surface area contributed by atoms with Gasteiger partial charge in [-0.15, -0.1) is 0 Å². The van der Waals surface area contributed by atoms with Crippen LogP contribution in [0.4, 0.5) is 5.69 Å². The molecule has 4 rings (SSSR count). The molecule has 0 aliphatic carbocycles. The molecule has 0 radical (unpaired) electrons. The van der Waals surface area contributed by atoms with E-state index in [1.807, 2.05) is 36.4 Å². The molecule has 140 valence electrons. The number of halogens is 1. The third kappa shape index (κ3) is 3.66. The molecule has 5 heteroatoms. The number of rotatable bonds is 3. The molecule has 1 N–H and O–H groups in total. The van der Waals surface area contributed by atoms with Crippen LogP contribution in [-0.2, 0) is 11.2 Å². The van der Waals surface area contributed by atoms with Gasteiger partial charge < -0.3 is 10.2 Å². The van der Waals surface area contributed by atoms with Crippen LogP contribution in [0.5, 0.6) is 0 Å². The van der Waals surface area contributed by atoms with E-state index in [0.29, 0.717) is 16.4 Å². The Morgan fingerprint density at radius 2 is 1.75 bits per heavy atom. The van der Waals surface area contributed by atoms with Gasteiger partial charge in [0.1, 0.15) is 11.0 Å². The van der Waals surface area contributed by atoms with Crippen molar-refractivity contribution in [1.82, 2.24) is 5.32 Å². The summed E-state index contributed by atoms with van der Waals surface area (Å²) in [5.74, 6) is -0.0199.